The lowest BCUT2D eigenvalue weighted by atomic mass is 10.1. The van der Waals surface area contributed by atoms with E-state index >= 15 is 0 Å². The number of rotatable bonds is 4. The Morgan fingerprint density at radius 1 is 1.00 bits per heavy atom. The molecule has 0 heterocycles. The third-order valence-electron chi connectivity index (χ3n) is 2.80. The fourth-order valence-electron chi connectivity index (χ4n) is 1.79. The van der Waals surface area contributed by atoms with Crippen molar-refractivity contribution >= 4 is 12.4 Å². The van der Waals surface area contributed by atoms with Crippen molar-refractivity contribution in [2.75, 3.05) is 0 Å². The molecule has 0 saturated heterocycles. The van der Waals surface area contributed by atoms with Crippen molar-refractivity contribution in [3.63, 3.8) is 0 Å². The fraction of sp³-hybridized carbons (Fsp3) is 0.0625. The molecule has 5 nitrogen and oxygen atoms in total. The molecule has 0 aliphatic heterocycles. The van der Waals surface area contributed by atoms with Crippen LogP contribution in [0.4, 0.5) is 0 Å². The van der Waals surface area contributed by atoms with E-state index in [4.69, 9.17) is 4.74 Å². The van der Waals surface area contributed by atoms with Crippen molar-refractivity contribution in [2.45, 2.75) is 6.92 Å². The molecule has 0 atom stereocenters. The second-order valence-corrected chi connectivity index (χ2v) is 4.41. The third kappa shape index (κ3) is 3.33. The average Bonchev–Trinajstić information content (AvgIpc) is 2.45. The molecule has 0 amide bonds. The van der Waals surface area contributed by atoms with Crippen LogP contribution in [0.3, 0.4) is 0 Å². The molecule has 0 aromatic heterocycles. The average molecular weight is 286 g/mol. The summed E-state index contributed by atoms with van der Waals surface area (Å²) in [5.74, 6) is -0.153. The predicted molar refractivity (Wildman–Crippen MR) is 77.5 cm³/mol. The molecule has 108 valence electrons. The first-order valence-corrected chi connectivity index (χ1v) is 6.16. The van der Waals surface area contributed by atoms with E-state index in [1.165, 1.54) is 12.1 Å². The summed E-state index contributed by atoms with van der Waals surface area (Å²) in [5.41, 5.74) is 0.689. The molecule has 0 unspecified atom stereocenters. The summed E-state index contributed by atoms with van der Waals surface area (Å²) >= 11 is 0. The topological polar surface area (TPSA) is 87.0 Å². The van der Waals surface area contributed by atoms with Crippen molar-refractivity contribution in [3.8, 4) is 23.0 Å². The van der Waals surface area contributed by atoms with Crippen LogP contribution in [0.15, 0.2) is 42.2 Å². The summed E-state index contributed by atoms with van der Waals surface area (Å²) < 4.78 is 5.54. The van der Waals surface area contributed by atoms with E-state index in [-0.39, 0.29) is 17.1 Å². The Labute approximate surface area is 121 Å². The smallest absolute Gasteiger partial charge is 0.161 e. The molecule has 0 aliphatic rings. The molecule has 0 spiro atoms. The van der Waals surface area contributed by atoms with Crippen molar-refractivity contribution in [1.82, 2.24) is 0 Å². The van der Waals surface area contributed by atoms with Gasteiger partial charge in [-0.25, -0.2) is 0 Å². The zero-order chi connectivity index (χ0) is 15.4. The van der Waals surface area contributed by atoms with Gasteiger partial charge < -0.3 is 20.1 Å². The Bertz CT molecular complexity index is 704. The van der Waals surface area contributed by atoms with E-state index in [0.29, 0.717) is 23.4 Å². The maximum Gasteiger partial charge on any atom is 0.161 e. The van der Waals surface area contributed by atoms with Gasteiger partial charge in [-0.2, -0.15) is 0 Å². The quantitative estimate of drug-likeness (QED) is 0.348. The van der Waals surface area contributed by atoms with Gasteiger partial charge in [0.15, 0.2) is 17.8 Å². The Hall–Kier alpha value is -2.95. The molecule has 0 bridgehead atoms. The number of phenolic OH excluding ortho intramolecular Hbond substituents is 3. The lowest BCUT2D eigenvalue weighted by Crippen LogP contribution is -1.94. The van der Waals surface area contributed by atoms with E-state index in [1.54, 1.807) is 31.2 Å². The highest BCUT2D eigenvalue weighted by molar-refractivity contribution is 5.79. The minimum atomic E-state index is -0.408. The molecule has 2 rings (SSSR count). The fourth-order valence-corrected chi connectivity index (χ4v) is 1.79. The van der Waals surface area contributed by atoms with Gasteiger partial charge in [0.25, 0.3) is 0 Å². The molecule has 3 N–H and O–H groups in total. The van der Waals surface area contributed by atoms with Gasteiger partial charge in [-0.05, 0) is 31.2 Å². The minimum Gasteiger partial charge on any atom is -0.507 e. The van der Waals surface area contributed by atoms with Crippen LogP contribution in [0.5, 0.6) is 23.0 Å². The summed E-state index contributed by atoms with van der Waals surface area (Å²) in [5, 5.41) is 28.4. The van der Waals surface area contributed by atoms with E-state index in [0.717, 1.165) is 6.07 Å². The first-order chi connectivity index (χ1) is 10.0. The molecule has 0 fully saturated rings. The van der Waals surface area contributed by atoms with Crippen LogP contribution in [0, 0.1) is 0 Å². The highest BCUT2D eigenvalue weighted by atomic mass is 16.5. The highest BCUT2D eigenvalue weighted by Crippen LogP contribution is 2.33. The standard InChI is InChI=1S/C16H14O5/c1-10(21-16-5-3-2-4-11(16)9-17)6-12-7-14(19)15(20)8-13(12)18/h2-9,18-20H,1H3/b10-6-. The molecule has 0 aliphatic carbocycles. The number of allylic oxidation sites excluding steroid dienone is 1. The number of benzene rings is 2. The summed E-state index contributed by atoms with van der Waals surface area (Å²) in [6, 6.07) is 8.98. The van der Waals surface area contributed by atoms with Crippen LogP contribution in [-0.2, 0) is 0 Å². The summed E-state index contributed by atoms with van der Waals surface area (Å²) in [7, 11) is 0. The summed E-state index contributed by atoms with van der Waals surface area (Å²) in [6.45, 7) is 1.64. The van der Waals surface area contributed by atoms with E-state index in [9.17, 15) is 20.1 Å². The van der Waals surface area contributed by atoms with Gasteiger partial charge in [-0.3, -0.25) is 4.79 Å². The Morgan fingerprint density at radius 2 is 1.67 bits per heavy atom. The minimum absolute atomic E-state index is 0.197. The third-order valence-corrected chi connectivity index (χ3v) is 2.80. The zero-order valence-corrected chi connectivity index (χ0v) is 11.3. The van der Waals surface area contributed by atoms with Gasteiger partial charge in [-0.15, -0.1) is 0 Å². The Morgan fingerprint density at radius 3 is 2.38 bits per heavy atom. The Balaban J connectivity index is 2.30. The summed E-state index contributed by atoms with van der Waals surface area (Å²) in [4.78, 5) is 10.9. The van der Waals surface area contributed by atoms with Gasteiger partial charge in [0.05, 0.1) is 5.56 Å². The number of aromatic hydroxyl groups is 3. The molecule has 0 saturated carbocycles. The van der Waals surface area contributed by atoms with Crippen LogP contribution in [-0.4, -0.2) is 21.6 Å². The molecular formula is C16H14O5. The van der Waals surface area contributed by atoms with Crippen molar-refractivity contribution in [2.24, 2.45) is 0 Å². The molecular weight excluding hydrogens is 272 g/mol. The molecule has 21 heavy (non-hydrogen) atoms. The zero-order valence-electron chi connectivity index (χ0n) is 11.3. The largest absolute Gasteiger partial charge is 0.507 e. The Kier molecular flexibility index (Phi) is 4.13. The van der Waals surface area contributed by atoms with Gasteiger partial charge in [0.2, 0.25) is 0 Å². The maximum atomic E-state index is 10.9. The molecule has 2 aromatic rings. The predicted octanol–water partition coefficient (Wildman–Crippen LogP) is 3.06. The number of phenols is 3. The molecule has 2 aromatic carbocycles. The first-order valence-electron chi connectivity index (χ1n) is 6.16. The molecule has 5 heteroatoms. The van der Waals surface area contributed by atoms with Crippen molar-refractivity contribution in [1.29, 1.82) is 0 Å². The van der Waals surface area contributed by atoms with E-state index < -0.39 is 5.75 Å². The maximum absolute atomic E-state index is 10.9. The van der Waals surface area contributed by atoms with E-state index in [2.05, 4.69) is 0 Å². The number of carbonyl (C=O) groups excluding carboxylic acids is 1. The van der Waals surface area contributed by atoms with Gasteiger partial charge >= 0.3 is 0 Å². The SMILES string of the molecule is C/C(=C/c1cc(O)c(O)cc1O)Oc1ccccc1C=O. The van der Waals surface area contributed by atoms with Gasteiger partial charge in [-0.1, -0.05) is 12.1 Å². The first kappa shape index (κ1) is 14.5. The number of hydrogen-bond acceptors (Lipinski definition) is 5. The number of carbonyl (C=O) groups is 1. The second kappa shape index (κ2) is 6.00. The summed E-state index contributed by atoms with van der Waals surface area (Å²) in [6.07, 6.45) is 2.17. The lowest BCUT2D eigenvalue weighted by molar-refractivity contribution is 0.112. The van der Waals surface area contributed by atoms with E-state index in [1.807, 2.05) is 0 Å². The number of aldehydes is 1. The van der Waals surface area contributed by atoms with Crippen LogP contribution in [0.1, 0.15) is 22.8 Å². The monoisotopic (exact) mass is 286 g/mol. The highest BCUT2D eigenvalue weighted by Gasteiger charge is 2.08. The van der Waals surface area contributed by atoms with Crippen molar-refractivity contribution < 1.29 is 24.9 Å². The van der Waals surface area contributed by atoms with Crippen LogP contribution < -0.4 is 4.74 Å². The lowest BCUT2D eigenvalue weighted by Gasteiger charge is -2.09. The van der Waals surface area contributed by atoms with Gasteiger partial charge in [0, 0.05) is 11.6 Å². The number of para-hydroxylation sites is 1. The molecule has 0 radical (unpaired) electrons. The second-order valence-electron chi connectivity index (χ2n) is 4.41. The normalized spacial score (nSPS) is 11.2. The van der Waals surface area contributed by atoms with Crippen LogP contribution in [0.2, 0.25) is 0 Å². The van der Waals surface area contributed by atoms with Gasteiger partial charge in [0.1, 0.15) is 17.3 Å². The van der Waals surface area contributed by atoms with Crippen LogP contribution >= 0.6 is 0 Å². The number of hydrogen-bond donors (Lipinski definition) is 3. The number of ether oxygens (including phenoxy) is 1. The van der Waals surface area contributed by atoms with Crippen molar-refractivity contribution in [3.05, 3.63) is 53.3 Å². The van der Waals surface area contributed by atoms with Crippen LogP contribution in [0.25, 0.3) is 6.08 Å².